The second-order valence-corrected chi connectivity index (χ2v) is 6.65. The van der Waals surface area contributed by atoms with Crippen LogP contribution in [0.5, 0.6) is 5.75 Å². The highest BCUT2D eigenvalue weighted by Gasteiger charge is 2.29. The Bertz CT molecular complexity index is 983. The van der Waals surface area contributed by atoms with Gasteiger partial charge in [0, 0.05) is 30.1 Å². The molecular formula is C18H18BN5O4. The molecule has 2 aromatic rings. The van der Waals surface area contributed by atoms with E-state index in [-0.39, 0.29) is 23.3 Å². The third-order valence-electron chi connectivity index (χ3n) is 4.79. The standard InChI is InChI=1S/C18H18BN5O4/c20-8-12-4-6-27-10-15(12)24-9-14(17(21)25)18(23-24)22-13-2-1-11-3-5-19(26)28-16(11)7-13/h1-3,5,7,9,12,15,26H,4,6,10H2,(H2,21,25)(H,22,23)/t12-,15?/m1/s1. The number of nitriles is 1. The van der Waals surface area contributed by atoms with E-state index in [2.05, 4.69) is 16.5 Å². The van der Waals surface area contributed by atoms with E-state index in [0.717, 1.165) is 5.56 Å². The van der Waals surface area contributed by atoms with Gasteiger partial charge in [-0.1, -0.05) is 6.08 Å². The zero-order valence-corrected chi connectivity index (χ0v) is 14.9. The molecule has 1 aromatic heterocycles. The van der Waals surface area contributed by atoms with Crippen molar-refractivity contribution in [3.63, 3.8) is 0 Å². The summed E-state index contributed by atoms with van der Waals surface area (Å²) in [5, 5.41) is 26.5. The van der Waals surface area contributed by atoms with Gasteiger partial charge in [-0.05, 0) is 24.5 Å². The minimum absolute atomic E-state index is 0.209. The smallest absolute Gasteiger partial charge is 0.532 e. The summed E-state index contributed by atoms with van der Waals surface area (Å²) in [4.78, 5) is 11.9. The lowest BCUT2D eigenvalue weighted by Gasteiger charge is -2.26. The summed E-state index contributed by atoms with van der Waals surface area (Å²) >= 11 is 0. The Balaban J connectivity index is 1.64. The summed E-state index contributed by atoms with van der Waals surface area (Å²) in [6.07, 6.45) is 3.91. The van der Waals surface area contributed by atoms with E-state index in [1.54, 1.807) is 28.9 Å². The van der Waals surface area contributed by atoms with Gasteiger partial charge in [-0.2, -0.15) is 10.4 Å². The van der Waals surface area contributed by atoms with Gasteiger partial charge in [0.15, 0.2) is 5.82 Å². The fourth-order valence-electron chi connectivity index (χ4n) is 3.31. The summed E-state index contributed by atoms with van der Waals surface area (Å²) in [5.74, 6) is 1.44. The van der Waals surface area contributed by atoms with E-state index in [0.29, 0.717) is 31.1 Å². The van der Waals surface area contributed by atoms with Crippen molar-refractivity contribution in [3.8, 4) is 11.8 Å². The van der Waals surface area contributed by atoms with Gasteiger partial charge in [-0.3, -0.25) is 9.48 Å². The Kier molecular flexibility index (Phi) is 4.77. The zero-order chi connectivity index (χ0) is 19.7. The molecule has 10 heteroatoms. The molecule has 2 aliphatic heterocycles. The molecule has 1 unspecified atom stereocenters. The summed E-state index contributed by atoms with van der Waals surface area (Å²) in [6, 6.07) is 7.31. The average molecular weight is 379 g/mol. The average Bonchev–Trinajstić information content (AvgIpc) is 3.11. The van der Waals surface area contributed by atoms with Gasteiger partial charge >= 0.3 is 7.12 Å². The number of benzene rings is 1. The monoisotopic (exact) mass is 379 g/mol. The number of carbonyl (C=O) groups is 1. The van der Waals surface area contributed by atoms with Crippen molar-refractivity contribution in [2.24, 2.45) is 11.7 Å². The molecule has 4 N–H and O–H groups in total. The molecule has 2 aliphatic rings. The minimum atomic E-state index is -1.00. The first-order chi connectivity index (χ1) is 13.5. The van der Waals surface area contributed by atoms with Crippen molar-refractivity contribution >= 4 is 30.6 Å². The number of hydrogen-bond acceptors (Lipinski definition) is 7. The number of ether oxygens (including phenoxy) is 1. The molecule has 4 rings (SSSR count). The van der Waals surface area contributed by atoms with Gasteiger partial charge in [-0.25, -0.2) is 0 Å². The van der Waals surface area contributed by atoms with Crippen LogP contribution >= 0.6 is 0 Å². The molecule has 0 saturated carbocycles. The van der Waals surface area contributed by atoms with Crippen molar-refractivity contribution in [2.75, 3.05) is 18.5 Å². The molecule has 0 spiro atoms. The van der Waals surface area contributed by atoms with Gasteiger partial charge < -0.3 is 25.5 Å². The zero-order valence-electron chi connectivity index (χ0n) is 14.9. The topological polar surface area (TPSA) is 135 Å². The number of nitrogens with one attached hydrogen (secondary N) is 1. The number of anilines is 2. The number of primary amides is 1. The fourth-order valence-corrected chi connectivity index (χ4v) is 3.31. The summed E-state index contributed by atoms with van der Waals surface area (Å²) in [5.41, 5.74) is 7.16. The Morgan fingerprint density at radius 2 is 2.36 bits per heavy atom. The van der Waals surface area contributed by atoms with Crippen LogP contribution in [0, 0.1) is 17.2 Å². The highest BCUT2D eigenvalue weighted by molar-refractivity contribution is 6.51. The van der Waals surface area contributed by atoms with Crippen molar-refractivity contribution in [2.45, 2.75) is 12.5 Å². The number of fused-ring (bicyclic) bond motifs is 1. The van der Waals surface area contributed by atoms with Gasteiger partial charge in [0.05, 0.1) is 24.6 Å². The number of aromatic nitrogens is 2. The Morgan fingerprint density at radius 1 is 1.50 bits per heavy atom. The predicted octanol–water partition coefficient (Wildman–Crippen LogP) is 1.25. The van der Waals surface area contributed by atoms with E-state index in [4.69, 9.17) is 15.1 Å². The molecule has 0 aliphatic carbocycles. The van der Waals surface area contributed by atoms with E-state index in [1.807, 2.05) is 6.07 Å². The molecule has 0 radical (unpaired) electrons. The van der Waals surface area contributed by atoms with Gasteiger partial charge in [-0.15, -0.1) is 0 Å². The van der Waals surface area contributed by atoms with Crippen LogP contribution in [0.4, 0.5) is 11.5 Å². The number of nitrogens with two attached hydrogens (primary N) is 1. The van der Waals surface area contributed by atoms with Crippen molar-refractivity contribution < 1.29 is 19.2 Å². The highest BCUT2D eigenvalue weighted by atomic mass is 16.5. The Hall–Kier alpha value is -3.29. The molecule has 28 heavy (non-hydrogen) atoms. The first-order valence-electron chi connectivity index (χ1n) is 8.85. The lowest BCUT2D eigenvalue weighted by atomic mass is 9.86. The van der Waals surface area contributed by atoms with Crippen molar-refractivity contribution in [1.82, 2.24) is 9.78 Å². The molecule has 1 saturated heterocycles. The van der Waals surface area contributed by atoms with Gasteiger partial charge in [0.25, 0.3) is 5.91 Å². The van der Waals surface area contributed by atoms with Crippen LogP contribution < -0.4 is 15.7 Å². The lowest BCUT2D eigenvalue weighted by Crippen LogP contribution is -2.29. The third-order valence-corrected chi connectivity index (χ3v) is 4.79. The van der Waals surface area contributed by atoms with E-state index in [9.17, 15) is 15.1 Å². The predicted molar refractivity (Wildman–Crippen MR) is 102 cm³/mol. The maximum Gasteiger partial charge on any atom is 0.552 e. The van der Waals surface area contributed by atoms with Gasteiger partial charge in [0.1, 0.15) is 11.3 Å². The van der Waals surface area contributed by atoms with Crippen molar-refractivity contribution in [3.05, 3.63) is 41.5 Å². The van der Waals surface area contributed by atoms with Crippen LogP contribution in [0.1, 0.15) is 28.4 Å². The molecule has 1 amide bonds. The Morgan fingerprint density at radius 3 is 3.14 bits per heavy atom. The third kappa shape index (κ3) is 3.45. The van der Waals surface area contributed by atoms with Crippen LogP contribution in [0.2, 0.25) is 0 Å². The highest BCUT2D eigenvalue weighted by Crippen LogP contribution is 2.31. The van der Waals surface area contributed by atoms with Crippen LogP contribution in [0.15, 0.2) is 30.4 Å². The molecule has 2 atom stereocenters. The normalized spacial score (nSPS) is 20.8. The van der Waals surface area contributed by atoms with Crippen molar-refractivity contribution in [1.29, 1.82) is 5.26 Å². The maximum atomic E-state index is 11.9. The van der Waals surface area contributed by atoms with Crippen LogP contribution in [0.3, 0.4) is 0 Å². The second kappa shape index (κ2) is 7.38. The summed E-state index contributed by atoms with van der Waals surface area (Å²) < 4.78 is 12.4. The van der Waals surface area contributed by atoms with Crippen LogP contribution in [-0.2, 0) is 4.74 Å². The number of hydrogen-bond donors (Lipinski definition) is 3. The summed E-state index contributed by atoms with van der Waals surface area (Å²) in [6.45, 7) is 0.869. The number of nitrogens with zero attached hydrogens (tertiary/aromatic N) is 3. The second-order valence-electron chi connectivity index (χ2n) is 6.65. The Labute approximate surface area is 161 Å². The molecule has 142 valence electrons. The number of carbonyl (C=O) groups excluding carboxylic acids is 1. The maximum absolute atomic E-state index is 11.9. The van der Waals surface area contributed by atoms with Gasteiger partial charge in [0.2, 0.25) is 0 Å². The molecular weight excluding hydrogens is 361 g/mol. The van der Waals surface area contributed by atoms with E-state index >= 15 is 0 Å². The molecule has 9 nitrogen and oxygen atoms in total. The van der Waals surface area contributed by atoms with Crippen LogP contribution in [0.25, 0.3) is 6.08 Å². The summed E-state index contributed by atoms with van der Waals surface area (Å²) in [7, 11) is -1.00. The van der Waals surface area contributed by atoms with E-state index in [1.165, 1.54) is 6.20 Å². The SMILES string of the molecule is N#C[C@H]1CCOCC1n1cc(C(N)=O)c(Nc2ccc3c(c2)OB(O)C=C3)n1. The molecule has 0 bridgehead atoms. The minimum Gasteiger partial charge on any atom is -0.532 e. The largest absolute Gasteiger partial charge is 0.552 e. The number of rotatable bonds is 4. The fraction of sp³-hybridized carbons (Fsp3) is 0.278. The molecule has 1 fully saturated rings. The first-order valence-corrected chi connectivity index (χ1v) is 8.85. The quantitative estimate of drug-likeness (QED) is 0.681. The first kappa shape index (κ1) is 18.1. The molecule has 1 aromatic carbocycles. The van der Waals surface area contributed by atoms with E-state index < -0.39 is 13.0 Å². The molecule has 3 heterocycles. The van der Waals surface area contributed by atoms with Crippen LogP contribution in [-0.4, -0.2) is 41.0 Å². The lowest BCUT2D eigenvalue weighted by molar-refractivity contribution is 0.0342. The number of amides is 1.